The van der Waals surface area contributed by atoms with Gasteiger partial charge in [-0.05, 0) is 42.7 Å². The molecule has 0 aliphatic carbocycles. The Balaban J connectivity index is 2.03. The lowest BCUT2D eigenvalue weighted by Gasteiger charge is -2.08. The third kappa shape index (κ3) is 5.05. The Morgan fingerprint density at radius 3 is 2.54 bits per heavy atom. The molecule has 2 rings (SSSR count). The normalized spacial score (nSPS) is 10.9. The van der Waals surface area contributed by atoms with Gasteiger partial charge in [-0.2, -0.15) is 0 Å². The summed E-state index contributed by atoms with van der Waals surface area (Å²) >= 11 is 0. The molecule has 1 N–H and O–H groups in total. The van der Waals surface area contributed by atoms with Gasteiger partial charge >= 0.3 is 0 Å². The van der Waals surface area contributed by atoms with Gasteiger partial charge < -0.3 is 4.74 Å². The number of benzene rings is 2. The van der Waals surface area contributed by atoms with Gasteiger partial charge in [0.05, 0.1) is 4.92 Å². The average molecular weight is 374 g/mol. The van der Waals surface area contributed by atoms with E-state index >= 15 is 0 Å². The summed E-state index contributed by atoms with van der Waals surface area (Å²) in [5.74, 6) is 2.99. The van der Waals surface area contributed by atoms with Crippen LogP contribution in [0.3, 0.4) is 0 Å². The molecule has 0 radical (unpaired) electrons. The van der Waals surface area contributed by atoms with E-state index in [0.717, 1.165) is 5.56 Å². The molecule has 0 heterocycles. The molecule has 136 valence electrons. The van der Waals surface area contributed by atoms with Gasteiger partial charge in [-0.15, -0.1) is 6.42 Å². The first kappa shape index (κ1) is 19.4. The first-order chi connectivity index (χ1) is 12.3. The van der Waals surface area contributed by atoms with Crippen LogP contribution in [0.25, 0.3) is 0 Å². The molecule has 0 atom stereocenters. The number of nitrogens with one attached hydrogen (secondary N) is 1. The van der Waals surface area contributed by atoms with E-state index in [4.69, 9.17) is 11.2 Å². The van der Waals surface area contributed by atoms with Crippen LogP contribution < -0.4 is 9.46 Å². The number of nitro benzene ring substituents is 1. The number of aryl methyl sites for hydroxylation is 1. The third-order valence-corrected chi connectivity index (χ3v) is 5.06. The number of hydrogen-bond donors (Lipinski definition) is 1. The lowest BCUT2D eigenvalue weighted by atomic mass is 10.1. The number of rotatable bonds is 8. The standard InChI is InChI=1S/C18H18N2O5S/c1-3-12-25-16-7-5-15(6-8-16)10-11-19-26(23,24)18-9-4-14(2)13-17(18)20(21)22/h1,4-9,13,19H,10-12H2,2H3. The maximum absolute atomic E-state index is 12.4. The summed E-state index contributed by atoms with van der Waals surface area (Å²) in [6, 6.07) is 11.1. The highest BCUT2D eigenvalue weighted by Gasteiger charge is 2.25. The summed E-state index contributed by atoms with van der Waals surface area (Å²) in [5.41, 5.74) is 1.06. The van der Waals surface area contributed by atoms with Crippen LogP contribution in [0.15, 0.2) is 47.4 Å². The van der Waals surface area contributed by atoms with Crippen LogP contribution in [0.1, 0.15) is 11.1 Å². The molecule has 0 spiro atoms. The van der Waals surface area contributed by atoms with Crippen molar-refractivity contribution < 1.29 is 18.1 Å². The van der Waals surface area contributed by atoms with E-state index in [-0.39, 0.29) is 18.0 Å². The van der Waals surface area contributed by atoms with Crippen LogP contribution in [0, 0.1) is 29.4 Å². The van der Waals surface area contributed by atoms with E-state index in [9.17, 15) is 18.5 Å². The van der Waals surface area contributed by atoms with Gasteiger partial charge in [0.25, 0.3) is 5.69 Å². The molecular weight excluding hydrogens is 356 g/mol. The molecule has 0 aliphatic heterocycles. The fraction of sp³-hybridized carbons (Fsp3) is 0.222. The molecule has 8 heteroatoms. The molecule has 2 aromatic rings. The number of ether oxygens (including phenoxy) is 1. The minimum Gasteiger partial charge on any atom is -0.481 e. The number of nitrogens with zero attached hydrogens (tertiary/aromatic N) is 1. The van der Waals surface area contributed by atoms with E-state index in [2.05, 4.69) is 10.6 Å². The predicted octanol–water partition coefficient (Wildman–Crippen LogP) is 2.44. The van der Waals surface area contributed by atoms with Gasteiger partial charge in [0.1, 0.15) is 12.4 Å². The van der Waals surface area contributed by atoms with Gasteiger partial charge in [0.2, 0.25) is 10.0 Å². The van der Waals surface area contributed by atoms with E-state index in [1.54, 1.807) is 31.2 Å². The highest BCUT2D eigenvalue weighted by molar-refractivity contribution is 7.89. The number of sulfonamides is 1. The van der Waals surface area contributed by atoms with Crippen LogP contribution in [0.5, 0.6) is 5.75 Å². The third-order valence-electron chi connectivity index (χ3n) is 3.55. The van der Waals surface area contributed by atoms with Crippen molar-refractivity contribution in [2.24, 2.45) is 0 Å². The molecular formula is C18H18N2O5S. The van der Waals surface area contributed by atoms with Gasteiger partial charge in [0, 0.05) is 12.6 Å². The van der Waals surface area contributed by atoms with Crippen molar-refractivity contribution >= 4 is 15.7 Å². The second kappa shape index (κ2) is 8.47. The van der Waals surface area contributed by atoms with Crippen molar-refractivity contribution in [1.82, 2.24) is 4.72 Å². The number of nitro groups is 1. The summed E-state index contributed by atoms with van der Waals surface area (Å²) in [6.07, 6.45) is 5.54. The minimum atomic E-state index is -3.98. The van der Waals surface area contributed by atoms with Crippen LogP contribution in [0.4, 0.5) is 5.69 Å². The van der Waals surface area contributed by atoms with Gasteiger partial charge in [0.15, 0.2) is 4.90 Å². The first-order valence-corrected chi connectivity index (χ1v) is 9.22. The molecule has 7 nitrogen and oxygen atoms in total. The molecule has 0 amide bonds. The van der Waals surface area contributed by atoms with Crippen LogP contribution >= 0.6 is 0 Å². The number of hydrogen-bond acceptors (Lipinski definition) is 5. The summed E-state index contributed by atoms with van der Waals surface area (Å²) in [5, 5.41) is 11.1. The summed E-state index contributed by atoms with van der Waals surface area (Å²) < 4.78 is 32.4. The lowest BCUT2D eigenvalue weighted by molar-refractivity contribution is -0.387. The van der Waals surface area contributed by atoms with Crippen LogP contribution in [-0.4, -0.2) is 26.5 Å². The molecule has 0 saturated carbocycles. The molecule has 0 unspecified atom stereocenters. The fourth-order valence-electron chi connectivity index (χ4n) is 2.28. The number of terminal acetylenes is 1. The molecule has 0 aromatic heterocycles. The Morgan fingerprint density at radius 2 is 1.92 bits per heavy atom. The Labute approximate surface area is 152 Å². The second-order valence-corrected chi connectivity index (χ2v) is 7.25. The molecule has 26 heavy (non-hydrogen) atoms. The Morgan fingerprint density at radius 1 is 1.23 bits per heavy atom. The van der Waals surface area contributed by atoms with E-state index in [1.807, 2.05) is 0 Å². The summed E-state index contributed by atoms with van der Waals surface area (Å²) in [6.45, 7) is 1.94. The maximum Gasteiger partial charge on any atom is 0.289 e. The van der Waals surface area contributed by atoms with Crippen molar-refractivity contribution in [2.75, 3.05) is 13.2 Å². The van der Waals surface area contributed by atoms with Crippen molar-refractivity contribution in [1.29, 1.82) is 0 Å². The zero-order chi connectivity index (χ0) is 19.2. The first-order valence-electron chi connectivity index (χ1n) is 7.73. The van der Waals surface area contributed by atoms with Crippen molar-refractivity contribution in [3.63, 3.8) is 0 Å². The Bertz CT molecular complexity index is 931. The van der Waals surface area contributed by atoms with E-state index in [0.29, 0.717) is 17.7 Å². The molecule has 0 saturated heterocycles. The van der Waals surface area contributed by atoms with E-state index < -0.39 is 20.6 Å². The van der Waals surface area contributed by atoms with Gasteiger partial charge in [-0.3, -0.25) is 10.1 Å². The molecule has 0 bridgehead atoms. The van der Waals surface area contributed by atoms with Crippen molar-refractivity contribution in [2.45, 2.75) is 18.2 Å². The lowest BCUT2D eigenvalue weighted by Crippen LogP contribution is -2.26. The average Bonchev–Trinajstić information content (AvgIpc) is 2.60. The fourth-order valence-corrected chi connectivity index (χ4v) is 3.46. The monoisotopic (exact) mass is 374 g/mol. The highest BCUT2D eigenvalue weighted by atomic mass is 32.2. The maximum atomic E-state index is 12.4. The summed E-state index contributed by atoms with van der Waals surface area (Å²) in [7, 11) is -3.98. The molecule has 0 aliphatic rings. The van der Waals surface area contributed by atoms with Crippen molar-refractivity contribution in [3.05, 3.63) is 63.7 Å². The van der Waals surface area contributed by atoms with Crippen LogP contribution in [-0.2, 0) is 16.4 Å². The Hall–Kier alpha value is -2.89. The zero-order valence-corrected chi connectivity index (χ0v) is 15.0. The Kier molecular flexibility index (Phi) is 6.33. The predicted molar refractivity (Wildman–Crippen MR) is 97.5 cm³/mol. The molecule has 2 aromatic carbocycles. The van der Waals surface area contributed by atoms with Gasteiger partial charge in [-0.1, -0.05) is 24.1 Å². The quantitative estimate of drug-likeness (QED) is 0.435. The van der Waals surface area contributed by atoms with Crippen molar-refractivity contribution in [3.8, 4) is 18.1 Å². The highest BCUT2D eigenvalue weighted by Crippen LogP contribution is 2.24. The van der Waals surface area contributed by atoms with Crippen LogP contribution in [0.2, 0.25) is 0 Å². The van der Waals surface area contributed by atoms with Gasteiger partial charge in [-0.25, -0.2) is 13.1 Å². The topological polar surface area (TPSA) is 98.5 Å². The minimum absolute atomic E-state index is 0.109. The smallest absolute Gasteiger partial charge is 0.289 e. The largest absolute Gasteiger partial charge is 0.481 e. The SMILES string of the molecule is C#CCOc1ccc(CCNS(=O)(=O)c2ccc(C)cc2[N+](=O)[O-])cc1. The second-order valence-electron chi connectivity index (χ2n) is 5.51. The van der Waals surface area contributed by atoms with E-state index in [1.165, 1.54) is 18.2 Å². The summed E-state index contributed by atoms with van der Waals surface area (Å²) in [4.78, 5) is 10.1. The zero-order valence-electron chi connectivity index (χ0n) is 14.1. The molecule has 0 fully saturated rings.